The fraction of sp³-hybridized carbons (Fsp3) is 0.455. The molecule has 2 aliphatic heterocycles. The maximum atomic E-state index is 12.8. The Balaban J connectivity index is 1.40. The Labute approximate surface area is 161 Å². The van der Waals surface area contributed by atoms with Crippen LogP contribution in [0, 0.1) is 5.92 Å². The lowest BCUT2D eigenvalue weighted by Gasteiger charge is -2.37. The first-order chi connectivity index (χ1) is 13.2. The number of anilines is 2. The van der Waals surface area contributed by atoms with E-state index in [1.807, 2.05) is 17.2 Å². The quantitative estimate of drug-likeness (QED) is 0.838. The second-order valence-electron chi connectivity index (χ2n) is 7.72. The molecule has 0 N–H and O–H groups in total. The third-order valence-electron chi connectivity index (χ3n) is 5.81. The largest absolute Gasteiger partial charge is 0.368 e. The van der Waals surface area contributed by atoms with Crippen LogP contribution in [-0.4, -0.2) is 55.1 Å². The van der Waals surface area contributed by atoms with Crippen molar-refractivity contribution < 1.29 is 4.79 Å². The first kappa shape index (κ1) is 17.8. The Hall–Kier alpha value is -2.56. The number of para-hydroxylation sites is 1. The highest BCUT2D eigenvalue weighted by molar-refractivity contribution is 5.94. The van der Waals surface area contributed by atoms with Gasteiger partial charge in [0, 0.05) is 51.2 Å². The highest BCUT2D eigenvalue weighted by Gasteiger charge is 2.23. The van der Waals surface area contributed by atoms with Crippen molar-refractivity contribution in [3.05, 3.63) is 54.4 Å². The summed E-state index contributed by atoms with van der Waals surface area (Å²) in [5, 5.41) is 0. The average Bonchev–Trinajstić information content (AvgIpc) is 2.75. The van der Waals surface area contributed by atoms with Crippen molar-refractivity contribution in [3.63, 3.8) is 0 Å². The number of carbonyl (C=O) groups is 1. The van der Waals surface area contributed by atoms with Gasteiger partial charge in [-0.2, -0.15) is 0 Å². The molecule has 4 rings (SSSR count). The summed E-state index contributed by atoms with van der Waals surface area (Å²) in [6.07, 6.45) is 5.79. The highest BCUT2D eigenvalue weighted by Crippen LogP contribution is 2.22. The predicted octanol–water partition coefficient (Wildman–Crippen LogP) is 3.28. The lowest BCUT2D eigenvalue weighted by Crippen LogP contribution is -2.46. The summed E-state index contributed by atoms with van der Waals surface area (Å²) >= 11 is 0. The molecular weight excluding hydrogens is 336 g/mol. The maximum absolute atomic E-state index is 12.8. The van der Waals surface area contributed by atoms with Gasteiger partial charge < -0.3 is 14.7 Å². The number of aromatic nitrogens is 1. The van der Waals surface area contributed by atoms with Crippen LogP contribution < -0.4 is 9.80 Å². The minimum Gasteiger partial charge on any atom is -0.368 e. The number of carbonyl (C=O) groups excluding carboxylic acids is 1. The molecule has 2 saturated heterocycles. The number of piperidine rings is 1. The fourth-order valence-corrected chi connectivity index (χ4v) is 3.97. The first-order valence-electron chi connectivity index (χ1n) is 10.00. The van der Waals surface area contributed by atoms with Crippen LogP contribution in [0.5, 0.6) is 0 Å². The van der Waals surface area contributed by atoms with Crippen molar-refractivity contribution in [1.82, 2.24) is 9.88 Å². The van der Waals surface area contributed by atoms with Crippen molar-refractivity contribution in [2.24, 2.45) is 5.92 Å². The molecule has 1 amide bonds. The van der Waals surface area contributed by atoms with Crippen molar-refractivity contribution in [3.8, 4) is 0 Å². The summed E-state index contributed by atoms with van der Waals surface area (Å²) in [7, 11) is 0. The van der Waals surface area contributed by atoms with Gasteiger partial charge in [-0.3, -0.25) is 9.78 Å². The Morgan fingerprint density at radius 3 is 2.19 bits per heavy atom. The summed E-state index contributed by atoms with van der Waals surface area (Å²) < 4.78 is 0. The van der Waals surface area contributed by atoms with Gasteiger partial charge in [0.1, 0.15) is 0 Å². The van der Waals surface area contributed by atoms with E-state index in [1.54, 1.807) is 6.20 Å². The van der Waals surface area contributed by atoms with Crippen LogP contribution >= 0.6 is 0 Å². The molecule has 0 bridgehead atoms. The number of nitrogens with zero attached hydrogens (tertiary/aromatic N) is 4. The molecule has 3 heterocycles. The first-order valence-corrected chi connectivity index (χ1v) is 10.00. The van der Waals surface area contributed by atoms with E-state index in [0.717, 1.165) is 63.7 Å². The van der Waals surface area contributed by atoms with Gasteiger partial charge in [-0.05, 0) is 37.0 Å². The average molecular weight is 364 g/mol. The molecule has 0 aliphatic carbocycles. The third-order valence-corrected chi connectivity index (χ3v) is 5.81. The molecule has 1 aromatic carbocycles. The number of amides is 1. The van der Waals surface area contributed by atoms with Crippen molar-refractivity contribution in [2.45, 2.75) is 19.8 Å². The van der Waals surface area contributed by atoms with Gasteiger partial charge in [0.25, 0.3) is 5.91 Å². The number of likely N-dealkylation sites (tertiary alicyclic amines) is 1. The predicted molar refractivity (Wildman–Crippen MR) is 109 cm³/mol. The molecule has 0 unspecified atom stereocenters. The van der Waals surface area contributed by atoms with Crippen LogP contribution in [0.2, 0.25) is 0 Å². The van der Waals surface area contributed by atoms with Crippen LogP contribution in [0.1, 0.15) is 30.1 Å². The molecule has 2 aliphatic rings. The monoisotopic (exact) mass is 364 g/mol. The van der Waals surface area contributed by atoms with E-state index in [-0.39, 0.29) is 5.91 Å². The molecule has 0 saturated carbocycles. The van der Waals surface area contributed by atoms with Crippen LogP contribution in [0.25, 0.3) is 0 Å². The SMILES string of the molecule is CC1CCN(C(=O)c2cncc(N3CCN(c4ccccc4)CC3)c2)CC1. The molecule has 5 nitrogen and oxygen atoms in total. The van der Waals surface area contributed by atoms with Gasteiger partial charge in [-0.15, -0.1) is 0 Å². The zero-order chi connectivity index (χ0) is 18.6. The van der Waals surface area contributed by atoms with E-state index in [2.05, 4.69) is 52.0 Å². The van der Waals surface area contributed by atoms with Crippen molar-refractivity contribution in [1.29, 1.82) is 0 Å². The zero-order valence-electron chi connectivity index (χ0n) is 16.1. The molecule has 1 aromatic heterocycles. The molecule has 0 atom stereocenters. The molecular formula is C22H28N4O. The second-order valence-corrected chi connectivity index (χ2v) is 7.72. The van der Waals surface area contributed by atoms with E-state index < -0.39 is 0 Å². The summed E-state index contributed by atoms with van der Waals surface area (Å²) in [5.74, 6) is 0.846. The standard InChI is InChI=1S/C22H28N4O/c1-18-7-9-26(10-8-18)22(27)19-15-21(17-23-16-19)25-13-11-24(12-14-25)20-5-3-2-4-6-20/h2-6,15-18H,7-14H2,1H3. The minimum absolute atomic E-state index is 0.124. The minimum atomic E-state index is 0.124. The van der Waals surface area contributed by atoms with Crippen molar-refractivity contribution in [2.75, 3.05) is 49.1 Å². The van der Waals surface area contributed by atoms with E-state index >= 15 is 0 Å². The molecule has 5 heteroatoms. The third kappa shape index (κ3) is 4.07. The number of benzene rings is 1. The van der Waals surface area contributed by atoms with Crippen LogP contribution in [0.15, 0.2) is 48.8 Å². The van der Waals surface area contributed by atoms with E-state index in [4.69, 9.17) is 0 Å². The second kappa shape index (κ2) is 7.99. The maximum Gasteiger partial charge on any atom is 0.255 e. The van der Waals surface area contributed by atoms with E-state index in [9.17, 15) is 4.79 Å². The summed E-state index contributed by atoms with van der Waals surface area (Å²) in [6.45, 7) is 7.82. The Kier molecular flexibility index (Phi) is 5.28. The smallest absolute Gasteiger partial charge is 0.255 e. The van der Waals surface area contributed by atoms with Gasteiger partial charge in [0.2, 0.25) is 0 Å². The Bertz CT molecular complexity index is 763. The summed E-state index contributed by atoms with van der Waals surface area (Å²) in [4.78, 5) is 23.9. The molecule has 0 radical (unpaired) electrons. The molecule has 142 valence electrons. The normalized spacial score (nSPS) is 18.6. The topological polar surface area (TPSA) is 39.7 Å². The number of hydrogen-bond acceptors (Lipinski definition) is 4. The van der Waals surface area contributed by atoms with Gasteiger partial charge in [-0.25, -0.2) is 0 Å². The van der Waals surface area contributed by atoms with Gasteiger partial charge in [0.05, 0.1) is 17.4 Å². The van der Waals surface area contributed by atoms with Crippen LogP contribution in [-0.2, 0) is 0 Å². The fourth-order valence-electron chi connectivity index (χ4n) is 3.97. The number of piperazine rings is 1. The summed E-state index contributed by atoms with van der Waals surface area (Å²) in [6, 6.07) is 12.6. The Morgan fingerprint density at radius 1 is 0.889 bits per heavy atom. The zero-order valence-corrected chi connectivity index (χ0v) is 16.1. The lowest BCUT2D eigenvalue weighted by molar-refractivity contribution is 0.0697. The van der Waals surface area contributed by atoms with Crippen molar-refractivity contribution >= 4 is 17.3 Å². The molecule has 2 fully saturated rings. The molecule has 2 aromatic rings. The van der Waals surface area contributed by atoms with Gasteiger partial charge in [-0.1, -0.05) is 25.1 Å². The van der Waals surface area contributed by atoms with Gasteiger partial charge >= 0.3 is 0 Å². The molecule has 0 spiro atoms. The van der Waals surface area contributed by atoms with Crippen LogP contribution in [0.4, 0.5) is 11.4 Å². The highest BCUT2D eigenvalue weighted by atomic mass is 16.2. The number of hydrogen-bond donors (Lipinski definition) is 0. The lowest BCUT2D eigenvalue weighted by atomic mass is 9.99. The number of pyridine rings is 1. The molecule has 27 heavy (non-hydrogen) atoms. The van der Waals surface area contributed by atoms with E-state index in [0.29, 0.717) is 5.56 Å². The van der Waals surface area contributed by atoms with Crippen LogP contribution in [0.3, 0.4) is 0 Å². The Morgan fingerprint density at radius 2 is 1.52 bits per heavy atom. The van der Waals surface area contributed by atoms with E-state index in [1.165, 1.54) is 5.69 Å². The summed E-state index contributed by atoms with van der Waals surface area (Å²) in [5.41, 5.74) is 3.05. The van der Waals surface area contributed by atoms with Gasteiger partial charge in [0.15, 0.2) is 0 Å². The number of rotatable bonds is 3.